The lowest BCUT2D eigenvalue weighted by molar-refractivity contribution is 0.0933. The number of aromatic amines is 1. The second kappa shape index (κ2) is 3.54. The van der Waals surface area contributed by atoms with Gasteiger partial charge in [0.15, 0.2) is 0 Å². The summed E-state index contributed by atoms with van der Waals surface area (Å²) in [5.41, 5.74) is 5.49. The van der Waals surface area contributed by atoms with Crippen LogP contribution in [0.4, 0.5) is 0 Å². The molecule has 3 N–H and O–H groups in total. The molecule has 0 aromatic carbocycles. The van der Waals surface area contributed by atoms with E-state index in [9.17, 15) is 4.79 Å². The first-order chi connectivity index (χ1) is 5.24. The Morgan fingerprint density at radius 1 is 1.73 bits per heavy atom. The van der Waals surface area contributed by atoms with E-state index in [0.717, 1.165) is 4.47 Å². The van der Waals surface area contributed by atoms with Crippen LogP contribution in [-0.2, 0) is 0 Å². The number of amides is 1. The van der Waals surface area contributed by atoms with Crippen LogP contribution in [0.2, 0.25) is 0 Å². The average Bonchev–Trinajstić information content (AvgIpc) is 2.36. The van der Waals surface area contributed by atoms with E-state index in [4.69, 9.17) is 0 Å². The minimum absolute atomic E-state index is 0.182. The number of halogens is 1. The molecule has 0 fully saturated rings. The topological polar surface area (TPSA) is 56.9 Å². The Morgan fingerprint density at radius 3 is 2.91 bits per heavy atom. The van der Waals surface area contributed by atoms with Gasteiger partial charge in [-0.1, -0.05) is 0 Å². The van der Waals surface area contributed by atoms with E-state index in [2.05, 4.69) is 31.8 Å². The smallest absolute Gasteiger partial charge is 0.281 e. The van der Waals surface area contributed by atoms with Gasteiger partial charge in [-0.15, -0.1) is 0 Å². The summed E-state index contributed by atoms with van der Waals surface area (Å²) in [6.07, 6.45) is 1.70. The summed E-state index contributed by atoms with van der Waals surface area (Å²) in [6, 6.07) is 1.70. The third-order valence-electron chi connectivity index (χ3n) is 1.13. The number of hydrogen-bond acceptors (Lipinski definition) is 2. The van der Waals surface area contributed by atoms with Gasteiger partial charge in [0.05, 0.1) is 0 Å². The first-order valence-corrected chi connectivity index (χ1v) is 3.84. The molecule has 0 aliphatic rings. The molecular weight excluding hydrogens is 210 g/mol. The lowest BCUT2D eigenvalue weighted by atomic mass is 10.4. The molecule has 0 atom stereocenters. The van der Waals surface area contributed by atoms with Crippen molar-refractivity contribution in [3.8, 4) is 0 Å². The number of hydrogen-bond donors (Lipinski definition) is 3. The Labute approximate surface area is 72.5 Å². The van der Waals surface area contributed by atoms with Crippen molar-refractivity contribution in [2.24, 2.45) is 0 Å². The fourth-order valence-electron chi connectivity index (χ4n) is 0.680. The van der Waals surface area contributed by atoms with E-state index in [0.29, 0.717) is 5.69 Å². The normalized spacial score (nSPS) is 9.64. The van der Waals surface area contributed by atoms with Gasteiger partial charge in [-0.2, -0.15) is 0 Å². The Hall–Kier alpha value is -0.810. The summed E-state index contributed by atoms with van der Waals surface area (Å²) >= 11 is 3.22. The number of rotatable bonds is 2. The zero-order chi connectivity index (χ0) is 8.27. The number of hydrazine groups is 1. The third kappa shape index (κ3) is 2.06. The van der Waals surface area contributed by atoms with Gasteiger partial charge in [0.2, 0.25) is 0 Å². The van der Waals surface area contributed by atoms with Crippen molar-refractivity contribution in [3.05, 3.63) is 22.4 Å². The molecule has 1 amide bonds. The molecule has 0 saturated heterocycles. The van der Waals surface area contributed by atoms with E-state index in [-0.39, 0.29) is 5.91 Å². The Balaban J connectivity index is 2.69. The SMILES string of the molecule is CNNC(=O)c1cc(Br)c[nH]1. The van der Waals surface area contributed by atoms with Gasteiger partial charge in [0.25, 0.3) is 5.91 Å². The van der Waals surface area contributed by atoms with Crippen LogP contribution in [0.15, 0.2) is 16.7 Å². The van der Waals surface area contributed by atoms with Crippen molar-refractivity contribution < 1.29 is 4.79 Å². The van der Waals surface area contributed by atoms with Gasteiger partial charge in [-0.05, 0) is 22.0 Å². The molecule has 1 aromatic heterocycles. The maximum Gasteiger partial charge on any atom is 0.281 e. The quantitative estimate of drug-likeness (QED) is 0.638. The van der Waals surface area contributed by atoms with Crippen LogP contribution in [0.5, 0.6) is 0 Å². The second-order valence-corrected chi connectivity index (χ2v) is 2.85. The predicted molar refractivity (Wildman–Crippen MR) is 45.0 cm³/mol. The highest BCUT2D eigenvalue weighted by Gasteiger charge is 2.04. The number of carbonyl (C=O) groups excluding carboxylic acids is 1. The summed E-state index contributed by atoms with van der Waals surface area (Å²) < 4.78 is 0.860. The van der Waals surface area contributed by atoms with Crippen LogP contribution >= 0.6 is 15.9 Å². The Morgan fingerprint density at radius 2 is 2.45 bits per heavy atom. The first-order valence-electron chi connectivity index (χ1n) is 3.05. The largest absolute Gasteiger partial charge is 0.356 e. The lowest BCUT2D eigenvalue weighted by Gasteiger charge is -1.98. The highest BCUT2D eigenvalue weighted by atomic mass is 79.9. The van der Waals surface area contributed by atoms with E-state index in [1.807, 2.05) is 0 Å². The molecule has 0 aliphatic carbocycles. The van der Waals surface area contributed by atoms with Gasteiger partial charge in [0.1, 0.15) is 5.69 Å². The van der Waals surface area contributed by atoms with Crippen molar-refractivity contribution in [2.45, 2.75) is 0 Å². The van der Waals surface area contributed by atoms with Crippen molar-refractivity contribution in [1.82, 2.24) is 15.8 Å². The Kier molecular flexibility index (Phi) is 2.67. The van der Waals surface area contributed by atoms with Gasteiger partial charge < -0.3 is 4.98 Å². The molecule has 0 radical (unpaired) electrons. The van der Waals surface area contributed by atoms with Crippen LogP contribution in [-0.4, -0.2) is 17.9 Å². The summed E-state index contributed by atoms with van der Waals surface area (Å²) in [5.74, 6) is -0.182. The predicted octanol–water partition coefficient (Wildman–Crippen LogP) is 0.641. The molecule has 0 unspecified atom stereocenters. The minimum atomic E-state index is -0.182. The molecule has 11 heavy (non-hydrogen) atoms. The van der Waals surface area contributed by atoms with Crippen molar-refractivity contribution in [3.63, 3.8) is 0 Å². The van der Waals surface area contributed by atoms with Crippen LogP contribution in [0.25, 0.3) is 0 Å². The molecule has 0 saturated carbocycles. The van der Waals surface area contributed by atoms with E-state index in [1.165, 1.54) is 0 Å². The number of aromatic nitrogens is 1. The van der Waals surface area contributed by atoms with Crippen LogP contribution in [0, 0.1) is 0 Å². The summed E-state index contributed by atoms with van der Waals surface area (Å²) in [6.45, 7) is 0. The maximum atomic E-state index is 11.0. The average molecular weight is 218 g/mol. The van der Waals surface area contributed by atoms with Crippen LogP contribution < -0.4 is 10.9 Å². The van der Waals surface area contributed by atoms with Gasteiger partial charge in [0, 0.05) is 17.7 Å². The molecule has 0 spiro atoms. The lowest BCUT2D eigenvalue weighted by Crippen LogP contribution is -2.34. The van der Waals surface area contributed by atoms with E-state index < -0.39 is 0 Å². The highest BCUT2D eigenvalue weighted by molar-refractivity contribution is 9.10. The van der Waals surface area contributed by atoms with Gasteiger partial charge >= 0.3 is 0 Å². The minimum Gasteiger partial charge on any atom is -0.356 e. The van der Waals surface area contributed by atoms with Gasteiger partial charge in [-0.3, -0.25) is 10.2 Å². The standard InChI is InChI=1S/C6H8BrN3O/c1-8-10-6(11)5-2-4(7)3-9-5/h2-3,8-9H,1H3,(H,10,11). The van der Waals surface area contributed by atoms with Crippen molar-refractivity contribution in [1.29, 1.82) is 0 Å². The van der Waals surface area contributed by atoms with E-state index >= 15 is 0 Å². The molecular formula is C6H8BrN3O. The monoisotopic (exact) mass is 217 g/mol. The number of nitrogens with one attached hydrogen (secondary N) is 3. The fraction of sp³-hybridized carbons (Fsp3) is 0.167. The van der Waals surface area contributed by atoms with Crippen LogP contribution in [0.3, 0.4) is 0 Å². The molecule has 1 rings (SSSR count). The molecule has 1 aromatic rings. The maximum absolute atomic E-state index is 11.0. The van der Waals surface area contributed by atoms with Crippen molar-refractivity contribution in [2.75, 3.05) is 7.05 Å². The molecule has 0 bridgehead atoms. The van der Waals surface area contributed by atoms with Gasteiger partial charge in [-0.25, -0.2) is 5.43 Å². The van der Waals surface area contributed by atoms with Crippen molar-refractivity contribution >= 4 is 21.8 Å². The second-order valence-electron chi connectivity index (χ2n) is 1.94. The molecule has 60 valence electrons. The molecule has 5 heteroatoms. The molecule has 1 heterocycles. The summed E-state index contributed by atoms with van der Waals surface area (Å²) in [4.78, 5) is 13.8. The summed E-state index contributed by atoms with van der Waals surface area (Å²) in [5, 5.41) is 0. The fourth-order valence-corrected chi connectivity index (χ4v) is 1.02. The third-order valence-corrected chi connectivity index (χ3v) is 1.59. The zero-order valence-corrected chi connectivity index (χ0v) is 7.53. The van der Waals surface area contributed by atoms with E-state index in [1.54, 1.807) is 19.3 Å². The van der Waals surface area contributed by atoms with Crippen LogP contribution in [0.1, 0.15) is 10.5 Å². The number of carbonyl (C=O) groups is 1. The Bertz CT molecular complexity index is 258. The number of H-pyrrole nitrogens is 1. The summed E-state index contributed by atoms with van der Waals surface area (Å²) in [7, 11) is 1.63. The molecule has 4 nitrogen and oxygen atoms in total. The molecule has 0 aliphatic heterocycles. The highest BCUT2D eigenvalue weighted by Crippen LogP contribution is 2.09. The first kappa shape index (κ1) is 8.29. The zero-order valence-electron chi connectivity index (χ0n) is 5.94.